The Kier molecular flexibility index (Phi) is 21.8. The van der Waals surface area contributed by atoms with E-state index in [0.29, 0.717) is 6.42 Å². The summed E-state index contributed by atoms with van der Waals surface area (Å²) >= 11 is 0. The molecule has 0 saturated carbocycles. The third-order valence-corrected chi connectivity index (χ3v) is 7.33. The molecule has 1 heterocycles. The van der Waals surface area contributed by atoms with Crippen molar-refractivity contribution in [3.8, 4) is 0 Å². The minimum absolute atomic E-state index is 0.0235. The van der Waals surface area contributed by atoms with E-state index in [1.165, 1.54) is 148 Å². The number of carbonyl (C=O) groups is 1. The summed E-state index contributed by atoms with van der Waals surface area (Å²) in [5.41, 5.74) is 0. The Morgan fingerprint density at radius 3 is 1.25 bits per heavy atom. The van der Waals surface area contributed by atoms with E-state index in [1.54, 1.807) is 0 Å². The number of esters is 1. The van der Waals surface area contributed by atoms with Gasteiger partial charge in [0, 0.05) is 6.42 Å². The van der Waals surface area contributed by atoms with Gasteiger partial charge in [-0.25, -0.2) is 0 Å². The molecule has 1 aliphatic rings. The van der Waals surface area contributed by atoms with E-state index >= 15 is 0 Å². The standard InChI is InChI=1S/C30H58O2/c1-2-3-4-5-6-7-8-9-10-11-12-13-14-15-16-17-18-19-20-21-22-23-24-26-29-27-25-28-30(31)32-29/h29H,2-28H2,1H3. The Bertz CT molecular complexity index is 392. The predicted octanol–water partition coefficient (Wildman–Crippen LogP) is 10.5. The molecule has 1 saturated heterocycles. The normalized spacial score (nSPS) is 16.4. The molecule has 2 heteroatoms. The van der Waals surface area contributed by atoms with Gasteiger partial charge in [0.1, 0.15) is 6.10 Å². The van der Waals surface area contributed by atoms with E-state index in [9.17, 15) is 4.79 Å². The van der Waals surface area contributed by atoms with Crippen molar-refractivity contribution in [1.29, 1.82) is 0 Å². The van der Waals surface area contributed by atoms with Gasteiger partial charge >= 0.3 is 5.97 Å². The lowest BCUT2D eigenvalue weighted by Crippen LogP contribution is -2.23. The lowest BCUT2D eigenvalue weighted by molar-refractivity contribution is -0.154. The van der Waals surface area contributed by atoms with E-state index < -0.39 is 0 Å². The quantitative estimate of drug-likeness (QED) is 0.108. The van der Waals surface area contributed by atoms with Gasteiger partial charge in [-0.3, -0.25) is 4.79 Å². The summed E-state index contributed by atoms with van der Waals surface area (Å²) in [5, 5.41) is 0. The summed E-state index contributed by atoms with van der Waals surface area (Å²) in [6.45, 7) is 2.30. The predicted molar refractivity (Wildman–Crippen MR) is 140 cm³/mol. The average Bonchev–Trinajstić information content (AvgIpc) is 2.79. The molecule has 0 radical (unpaired) electrons. The van der Waals surface area contributed by atoms with Crippen LogP contribution in [0.25, 0.3) is 0 Å². The fourth-order valence-corrected chi connectivity index (χ4v) is 5.14. The van der Waals surface area contributed by atoms with Crippen molar-refractivity contribution in [3.63, 3.8) is 0 Å². The van der Waals surface area contributed by atoms with Crippen LogP contribution in [0, 0.1) is 0 Å². The zero-order valence-corrected chi connectivity index (χ0v) is 22.0. The van der Waals surface area contributed by atoms with Gasteiger partial charge in [-0.2, -0.15) is 0 Å². The van der Waals surface area contributed by atoms with Crippen molar-refractivity contribution in [2.45, 2.75) is 186 Å². The van der Waals surface area contributed by atoms with Gasteiger partial charge in [-0.15, -0.1) is 0 Å². The van der Waals surface area contributed by atoms with E-state index in [-0.39, 0.29) is 12.1 Å². The van der Waals surface area contributed by atoms with Crippen LogP contribution in [0.5, 0.6) is 0 Å². The highest BCUT2D eigenvalue weighted by atomic mass is 16.5. The van der Waals surface area contributed by atoms with Gasteiger partial charge in [-0.1, -0.05) is 148 Å². The van der Waals surface area contributed by atoms with E-state index in [2.05, 4.69) is 6.92 Å². The fraction of sp³-hybridized carbons (Fsp3) is 0.967. The summed E-state index contributed by atoms with van der Waals surface area (Å²) < 4.78 is 5.40. The third kappa shape index (κ3) is 20.1. The van der Waals surface area contributed by atoms with E-state index in [0.717, 1.165) is 19.3 Å². The molecule has 1 fully saturated rings. The molecule has 1 unspecified atom stereocenters. The Morgan fingerprint density at radius 1 is 0.562 bits per heavy atom. The molecule has 0 bridgehead atoms. The number of carbonyl (C=O) groups excluding carboxylic acids is 1. The number of unbranched alkanes of at least 4 members (excludes halogenated alkanes) is 22. The smallest absolute Gasteiger partial charge is 0.306 e. The second-order valence-electron chi connectivity index (χ2n) is 10.6. The lowest BCUT2D eigenvalue weighted by Gasteiger charge is -2.21. The second-order valence-corrected chi connectivity index (χ2v) is 10.6. The van der Waals surface area contributed by atoms with Crippen molar-refractivity contribution in [2.24, 2.45) is 0 Å². The maximum Gasteiger partial charge on any atom is 0.306 e. The molecular formula is C30H58O2. The van der Waals surface area contributed by atoms with Crippen molar-refractivity contribution < 1.29 is 9.53 Å². The van der Waals surface area contributed by atoms with Crippen LogP contribution in [0.2, 0.25) is 0 Å². The molecule has 190 valence electrons. The molecule has 1 aliphatic heterocycles. The van der Waals surface area contributed by atoms with Crippen LogP contribution in [0.3, 0.4) is 0 Å². The largest absolute Gasteiger partial charge is 0.462 e. The molecule has 0 aliphatic carbocycles. The summed E-state index contributed by atoms with van der Waals surface area (Å²) in [5.74, 6) is 0.0235. The lowest BCUT2D eigenvalue weighted by atomic mass is 10.0. The summed E-state index contributed by atoms with van der Waals surface area (Å²) in [6.07, 6.45) is 37.0. The Hall–Kier alpha value is -0.530. The van der Waals surface area contributed by atoms with Crippen molar-refractivity contribution >= 4 is 5.97 Å². The highest BCUT2D eigenvalue weighted by Gasteiger charge is 2.19. The molecule has 0 aromatic heterocycles. The first-order valence-electron chi connectivity index (χ1n) is 15.0. The fourth-order valence-electron chi connectivity index (χ4n) is 5.14. The zero-order valence-electron chi connectivity index (χ0n) is 22.0. The van der Waals surface area contributed by atoms with Gasteiger partial charge in [0.2, 0.25) is 0 Å². The van der Waals surface area contributed by atoms with Crippen LogP contribution in [0.15, 0.2) is 0 Å². The van der Waals surface area contributed by atoms with E-state index in [1.807, 2.05) is 0 Å². The topological polar surface area (TPSA) is 26.3 Å². The van der Waals surface area contributed by atoms with Crippen LogP contribution in [-0.2, 0) is 9.53 Å². The molecule has 0 N–H and O–H groups in total. The molecule has 0 spiro atoms. The Balaban J connectivity index is 1.65. The molecule has 32 heavy (non-hydrogen) atoms. The maximum atomic E-state index is 11.3. The Morgan fingerprint density at radius 2 is 0.906 bits per heavy atom. The summed E-state index contributed by atoms with van der Waals surface area (Å²) in [6, 6.07) is 0. The third-order valence-electron chi connectivity index (χ3n) is 7.33. The maximum absolute atomic E-state index is 11.3. The van der Waals surface area contributed by atoms with Gasteiger partial charge in [0.15, 0.2) is 0 Å². The Labute approximate surface area is 202 Å². The highest BCUT2D eigenvalue weighted by Crippen LogP contribution is 2.20. The van der Waals surface area contributed by atoms with E-state index in [4.69, 9.17) is 4.74 Å². The number of hydrogen-bond acceptors (Lipinski definition) is 2. The molecule has 0 aromatic rings. The van der Waals surface area contributed by atoms with Gasteiger partial charge in [-0.05, 0) is 25.7 Å². The minimum Gasteiger partial charge on any atom is -0.462 e. The number of cyclic esters (lactones) is 1. The minimum atomic E-state index is 0.0235. The molecular weight excluding hydrogens is 392 g/mol. The first-order chi connectivity index (χ1) is 15.8. The highest BCUT2D eigenvalue weighted by molar-refractivity contribution is 5.70. The van der Waals surface area contributed by atoms with Gasteiger partial charge in [0.25, 0.3) is 0 Å². The van der Waals surface area contributed by atoms with Crippen molar-refractivity contribution in [3.05, 3.63) is 0 Å². The molecule has 1 atom stereocenters. The summed E-state index contributed by atoms with van der Waals surface area (Å²) in [4.78, 5) is 11.3. The van der Waals surface area contributed by atoms with Gasteiger partial charge in [0.05, 0.1) is 0 Å². The monoisotopic (exact) mass is 450 g/mol. The van der Waals surface area contributed by atoms with Crippen LogP contribution in [-0.4, -0.2) is 12.1 Å². The zero-order chi connectivity index (χ0) is 23.0. The van der Waals surface area contributed by atoms with Crippen LogP contribution < -0.4 is 0 Å². The van der Waals surface area contributed by atoms with Crippen LogP contribution in [0.1, 0.15) is 180 Å². The van der Waals surface area contributed by atoms with Crippen molar-refractivity contribution in [1.82, 2.24) is 0 Å². The number of hydrogen-bond donors (Lipinski definition) is 0. The molecule has 0 aromatic carbocycles. The number of rotatable bonds is 24. The van der Waals surface area contributed by atoms with Crippen molar-refractivity contribution in [2.75, 3.05) is 0 Å². The first kappa shape index (κ1) is 29.5. The second kappa shape index (κ2) is 23.6. The van der Waals surface area contributed by atoms with Gasteiger partial charge < -0.3 is 4.74 Å². The van der Waals surface area contributed by atoms with Crippen LogP contribution >= 0.6 is 0 Å². The summed E-state index contributed by atoms with van der Waals surface area (Å²) in [7, 11) is 0. The molecule has 0 amide bonds. The average molecular weight is 451 g/mol. The van der Waals surface area contributed by atoms with Crippen LogP contribution in [0.4, 0.5) is 0 Å². The molecule has 2 nitrogen and oxygen atoms in total. The first-order valence-corrected chi connectivity index (χ1v) is 15.0. The number of ether oxygens (including phenoxy) is 1. The molecule has 1 rings (SSSR count). The SMILES string of the molecule is CCCCCCCCCCCCCCCCCCCCCCCCCC1CCCC(=O)O1.